The lowest BCUT2D eigenvalue weighted by Gasteiger charge is -2.31. The summed E-state index contributed by atoms with van der Waals surface area (Å²) in [5.41, 5.74) is 1.14. The van der Waals surface area contributed by atoms with Crippen molar-refractivity contribution in [3.8, 4) is 5.75 Å². The highest BCUT2D eigenvalue weighted by atomic mass is 16.5. The number of likely N-dealkylation sites (N-methyl/N-ethyl adjacent to an activating group) is 1. The van der Waals surface area contributed by atoms with Gasteiger partial charge in [-0.1, -0.05) is 25.1 Å². The summed E-state index contributed by atoms with van der Waals surface area (Å²) >= 11 is 0. The van der Waals surface area contributed by atoms with Crippen molar-refractivity contribution in [3.05, 3.63) is 29.8 Å². The van der Waals surface area contributed by atoms with Crippen molar-refractivity contribution in [2.45, 2.75) is 38.2 Å². The molecule has 0 saturated carbocycles. The molecule has 2 unspecified atom stereocenters. The zero-order valence-electron chi connectivity index (χ0n) is 11.8. The average Bonchev–Trinajstić information content (AvgIpc) is 2.39. The Bertz CT molecular complexity index is 419. The largest absolute Gasteiger partial charge is 0.489 e. The maximum Gasteiger partial charge on any atom is 0.123 e. The van der Waals surface area contributed by atoms with Gasteiger partial charge < -0.3 is 14.4 Å². The van der Waals surface area contributed by atoms with Gasteiger partial charge in [-0.25, -0.2) is 0 Å². The Balaban J connectivity index is 2.08. The third kappa shape index (κ3) is 3.80. The number of carbonyl (C=O) groups excluding carboxylic acids is 1. The Labute approximate surface area is 115 Å². The van der Waals surface area contributed by atoms with Crippen LogP contribution in [0.4, 0.5) is 0 Å². The highest BCUT2D eigenvalue weighted by molar-refractivity contribution is 5.52. The van der Waals surface area contributed by atoms with E-state index >= 15 is 0 Å². The minimum absolute atomic E-state index is 0.218. The van der Waals surface area contributed by atoms with E-state index in [1.54, 1.807) is 0 Å². The maximum atomic E-state index is 10.7. The van der Waals surface area contributed by atoms with Gasteiger partial charge in [-0.2, -0.15) is 0 Å². The van der Waals surface area contributed by atoms with E-state index in [9.17, 15) is 4.79 Å². The molecule has 1 aromatic rings. The number of aldehydes is 1. The van der Waals surface area contributed by atoms with E-state index in [0.29, 0.717) is 6.42 Å². The van der Waals surface area contributed by atoms with Crippen LogP contribution in [-0.4, -0.2) is 37.4 Å². The van der Waals surface area contributed by atoms with E-state index in [1.165, 1.54) is 6.42 Å². The highest BCUT2D eigenvalue weighted by Gasteiger charge is 2.20. The zero-order chi connectivity index (χ0) is 13.7. The summed E-state index contributed by atoms with van der Waals surface area (Å²) < 4.78 is 6.17. The molecule has 0 amide bonds. The number of benzene rings is 1. The molecule has 19 heavy (non-hydrogen) atoms. The second-order valence-electron chi connectivity index (χ2n) is 5.49. The quantitative estimate of drug-likeness (QED) is 0.763. The van der Waals surface area contributed by atoms with E-state index in [4.69, 9.17) is 4.74 Å². The maximum absolute atomic E-state index is 10.7. The van der Waals surface area contributed by atoms with Gasteiger partial charge in [-0.3, -0.25) is 0 Å². The van der Waals surface area contributed by atoms with E-state index in [-0.39, 0.29) is 12.0 Å². The first-order chi connectivity index (χ1) is 9.20. The second kappa shape index (κ2) is 6.71. The van der Waals surface area contributed by atoms with Crippen LogP contribution in [0, 0.1) is 0 Å². The van der Waals surface area contributed by atoms with Crippen molar-refractivity contribution in [3.63, 3.8) is 0 Å². The smallest absolute Gasteiger partial charge is 0.123 e. The lowest BCUT2D eigenvalue weighted by molar-refractivity contribution is -0.108. The first-order valence-electron chi connectivity index (χ1n) is 7.08. The third-order valence-electron chi connectivity index (χ3n) is 3.77. The number of hydrogen-bond acceptors (Lipinski definition) is 3. The number of piperidine rings is 1. The van der Waals surface area contributed by atoms with Gasteiger partial charge in [0.2, 0.25) is 0 Å². The van der Waals surface area contributed by atoms with E-state index in [1.807, 2.05) is 18.2 Å². The monoisotopic (exact) mass is 261 g/mol. The van der Waals surface area contributed by atoms with Crippen LogP contribution >= 0.6 is 0 Å². The molecule has 0 bridgehead atoms. The fraction of sp³-hybridized carbons (Fsp3) is 0.562. The zero-order valence-corrected chi connectivity index (χ0v) is 11.8. The lowest BCUT2D eigenvalue weighted by atomic mass is 9.97. The van der Waals surface area contributed by atoms with Crippen molar-refractivity contribution >= 4 is 6.29 Å². The van der Waals surface area contributed by atoms with Crippen LogP contribution in [0.25, 0.3) is 0 Å². The van der Waals surface area contributed by atoms with Gasteiger partial charge in [-0.15, -0.1) is 0 Å². The van der Waals surface area contributed by atoms with E-state index < -0.39 is 0 Å². The van der Waals surface area contributed by atoms with Gasteiger partial charge in [0.15, 0.2) is 0 Å². The van der Waals surface area contributed by atoms with Gasteiger partial charge in [0.05, 0.1) is 0 Å². The Hall–Kier alpha value is -1.35. The summed E-state index contributed by atoms with van der Waals surface area (Å²) in [7, 11) is 2.14. The molecule has 2 rings (SSSR count). The van der Waals surface area contributed by atoms with Crippen molar-refractivity contribution in [1.29, 1.82) is 0 Å². The Morgan fingerprint density at radius 1 is 1.47 bits per heavy atom. The molecule has 104 valence electrons. The van der Waals surface area contributed by atoms with Crippen LogP contribution in [0.3, 0.4) is 0 Å². The molecule has 3 nitrogen and oxygen atoms in total. The van der Waals surface area contributed by atoms with Gasteiger partial charge in [0.25, 0.3) is 0 Å². The van der Waals surface area contributed by atoms with Crippen molar-refractivity contribution in [2.75, 3.05) is 20.1 Å². The molecule has 1 aliphatic rings. The molecule has 0 spiro atoms. The third-order valence-corrected chi connectivity index (χ3v) is 3.77. The van der Waals surface area contributed by atoms with Gasteiger partial charge in [0.1, 0.15) is 18.1 Å². The summed E-state index contributed by atoms with van der Waals surface area (Å²) in [6.45, 7) is 4.21. The van der Waals surface area contributed by atoms with Gasteiger partial charge >= 0.3 is 0 Å². The first-order valence-corrected chi connectivity index (χ1v) is 7.08. The summed E-state index contributed by atoms with van der Waals surface area (Å²) in [4.78, 5) is 13.0. The van der Waals surface area contributed by atoms with Crippen LogP contribution < -0.4 is 4.74 Å². The molecule has 1 saturated heterocycles. The van der Waals surface area contributed by atoms with Crippen LogP contribution in [-0.2, 0) is 4.79 Å². The highest BCUT2D eigenvalue weighted by Crippen LogP contribution is 2.29. The summed E-state index contributed by atoms with van der Waals surface area (Å²) in [5, 5.41) is 0. The SMILES string of the molecule is CC(CC=O)c1ccccc1OC1CCCN(C)C1. The lowest BCUT2D eigenvalue weighted by Crippen LogP contribution is -2.38. The fourth-order valence-corrected chi connectivity index (χ4v) is 2.66. The van der Waals surface area contributed by atoms with Gasteiger partial charge in [0, 0.05) is 13.0 Å². The summed E-state index contributed by atoms with van der Waals surface area (Å²) in [6, 6.07) is 8.09. The summed E-state index contributed by atoms with van der Waals surface area (Å²) in [6.07, 6.45) is 4.10. The summed E-state index contributed by atoms with van der Waals surface area (Å²) in [5.74, 6) is 1.16. The van der Waals surface area contributed by atoms with Crippen molar-refractivity contribution in [1.82, 2.24) is 4.90 Å². The van der Waals surface area contributed by atoms with E-state index in [0.717, 1.165) is 37.1 Å². The Morgan fingerprint density at radius 3 is 3.00 bits per heavy atom. The number of carbonyl (C=O) groups is 1. The fourth-order valence-electron chi connectivity index (χ4n) is 2.66. The molecule has 0 aliphatic carbocycles. The molecule has 0 N–H and O–H groups in total. The predicted octanol–water partition coefficient (Wildman–Crippen LogP) is 2.85. The number of rotatable bonds is 5. The second-order valence-corrected chi connectivity index (χ2v) is 5.49. The minimum Gasteiger partial charge on any atom is -0.489 e. The molecule has 1 heterocycles. The van der Waals surface area contributed by atoms with Crippen LogP contribution in [0.1, 0.15) is 37.7 Å². The molecule has 3 heteroatoms. The standard InChI is InChI=1S/C16H23NO2/c1-13(9-11-18)15-7-3-4-8-16(15)19-14-6-5-10-17(2)12-14/h3-4,7-8,11,13-14H,5-6,9-10,12H2,1-2H3. The number of hydrogen-bond donors (Lipinski definition) is 0. The number of para-hydroxylation sites is 1. The van der Waals surface area contributed by atoms with Crippen LogP contribution in [0.2, 0.25) is 0 Å². The topological polar surface area (TPSA) is 29.5 Å². The molecule has 1 aliphatic heterocycles. The van der Waals surface area contributed by atoms with Crippen LogP contribution in [0.5, 0.6) is 5.75 Å². The normalized spacial score (nSPS) is 21.9. The van der Waals surface area contributed by atoms with Gasteiger partial charge in [-0.05, 0) is 44.0 Å². The molecule has 0 radical (unpaired) electrons. The molecule has 2 atom stereocenters. The molecule has 0 aromatic heterocycles. The van der Waals surface area contributed by atoms with E-state index in [2.05, 4.69) is 24.9 Å². The Kier molecular flexibility index (Phi) is 4.97. The first kappa shape index (κ1) is 14.1. The number of nitrogens with zero attached hydrogens (tertiary/aromatic N) is 1. The Morgan fingerprint density at radius 2 is 2.26 bits per heavy atom. The van der Waals surface area contributed by atoms with Crippen molar-refractivity contribution < 1.29 is 9.53 Å². The predicted molar refractivity (Wildman–Crippen MR) is 76.7 cm³/mol. The van der Waals surface area contributed by atoms with Crippen LogP contribution in [0.15, 0.2) is 24.3 Å². The molecule has 1 aromatic carbocycles. The number of ether oxygens (including phenoxy) is 1. The number of likely N-dealkylation sites (tertiary alicyclic amines) is 1. The molecular weight excluding hydrogens is 238 g/mol. The van der Waals surface area contributed by atoms with Crippen molar-refractivity contribution in [2.24, 2.45) is 0 Å². The average molecular weight is 261 g/mol. The molecule has 1 fully saturated rings. The minimum atomic E-state index is 0.218. The molecular formula is C16H23NO2.